The molecule has 0 aromatic heterocycles. The van der Waals surface area contributed by atoms with Crippen LogP contribution in [0.1, 0.15) is 16.7 Å². The van der Waals surface area contributed by atoms with Gasteiger partial charge in [-0.3, -0.25) is 14.5 Å². The lowest BCUT2D eigenvalue weighted by Crippen LogP contribution is -2.36. The minimum Gasteiger partial charge on any atom is -0.325 e. The van der Waals surface area contributed by atoms with E-state index in [0.29, 0.717) is 14.9 Å². The first-order chi connectivity index (χ1) is 12.4. The van der Waals surface area contributed by atoms with Crippen LogP contribution in [0.2, 0.25) is 0 Å². The number of carbonyl (C=O) groups excluding carboxylic acids is 2. The van der Waals surface area contributed by atoms with E-state index in [2.05, 4.69) is 5.32 Å². The second kappa shape index (κ2) is 7.85. The van der Waals surface area contributed by atoms with E-state index in [1.165, 1.54) is 16.7 Å². The maximum absolute atomic E-state index is 12.6. The highest BCUT2D eigenvalue weighted by atomic mass is 32.2. The Labute approximate surface area is 162 Å². The van der Waals surface area contributed by atoms with E-state index in [4.69, 9.17) is 12.2 Å². The Hall–Kier alpha value is -2.44. The third-order valence-corrected chi connectivity index (χ3v) is 5.44. The van der Waals surface area contributed by atoms with Gasteiger partial charge in [-0.2, -0.15) is 0 Å². The van der Waals surface area contributed by atoms with Gasteiger partial charge in [-0.05, 0) is 48.7 Å². The fourth-order valence-electron chi connectivity index (χ4n) is 2.50. The Morgan fingerprint density at radius 3 is 2.58 bits per heavy atom. The van der Waals surface area contributed by atoms with Crippen LogP contribution in [0, 0.1) is 13.8 Å². The smallest absolute Gasteiger partial charge is 0.266 e. The van der Waals surface area contributed by atoms with E-state index in [1.807, 2.05) is 62.4 Å². The average Bonchev–Trinajstić information content (AvgIpc) is 2.86. The molecule has 2 aromatic carbocycles. The number of nitrogens with one attached hydrogen (secondary N) is 1. The van der Waals surface area contributed by atoms with E-state index in [0.717, 1.165) is 16.7 Å². The summed E-state index contributed by atoms with van der Waals surface area (Å²) in [6.07, 6.45) is 1.79. The van der Waals surface area contributed by atoms with Gasteiger partial charge in [0.25, 0.3) is 5.91 Å². The van der Waals surface area contributed by atoms with E-state index in [9.17, 15) is 9.59 Å². The summed E-state index contributed by atoms with van der Waals surface area (Å²) in [6.45, 7) is 3.91. The van der Waals surface area contributed by atoms with Gasteiger partial charge in [0.1, 0.15) is 10.9 Å². The van der Waals surface area contributed by atoms with E-state index in [-0.39, 0.29) is 18.4 Å². The molecule has 2 aromatic rings. The largest absolute Gasteiger partial charge is 0.325 e. The summed E-state index contributed by atoms with van der Waals surface area (Å²) in [5.74, 6) is -0.510. The Bertz CT molecular complexity index is 907. The maximum atomic E-state index is 12.6. The van der Waals surface area contributed by atoms with E-state index in [1.54, 1.807) is 6.08 Å². The van der Waals surface area contributed by atoms with Crippen LogP contribution in [0.3, 0.4) is 0 Å². The Morgan fingerprint density at radius 2 is 1.88 bits per heavy atom. The van der Waals surface area contributed by atoms with Crippen molar-refractivity contribution in [3.63, 3.8) is 0 Å². The molecule has 1 N–H and O–H groups in total. The number of rotatable bonds is 4. The zero-order valence-electron chi connectivity index (χ0n) is 14.5. The molecule has 0 saturated carbocycles. The number of hydrogen-bond donors (Lipinski definition) is 1. The molecule has 0 bridgehead atoms. The zero-order valence-corrected chi connectivity index (χ0v) is 16.1. The molecule has 132 valence electrons. The van der Waals surface area contributed by atoms with Crippen LogP contribution < -0.4 is 5.32 Å². The average molecular weight is 383 g/mol. The molecule has 2 amide bonds. The SMILES string of the molecule is Cc1ccc(NC(=O)CN2C(=O)/C(=C\c3ccccc3)SC2=S)cc1C. The number of thioether (sulfide) groups is 1. The van der Waals surface area contributed by atoms with Crippen LogP contribution in [0.5, 0.6) is 0 Å². The number of hydrogen-bond acceptors (Lipinski definition) is 4. The maximum Gasteiger partial charge on any atom is 0.266 e. The standard InChI is InChI=1S/C20H18N2O2S2/c1-13-8-9-16(10-14(13)2)21-18(23)12-22-19(24)17(26-20(22)25)11-15-6-4-3-5-7-15/h3-11H,12H2,1-2H3,(H,21,23)/b17-11+. The predicted molar refractivity (Wildman–Crippen MR) is 111 cm³/mol. The molecule has 26 heavy (non-hydrogen) atoms. The fraction of sp³-hybridized carbons (Fsp3) is 0.150. The lowest BCUT2D eigenvalue weighted by molar-refractivity contribution is -0.126. The van der Waals surface area contributed by atoms with Gasteiger partial charge in [0.2, 0.25) is 5.91 Å². The number of amides is 2. The number of carbonyl (C=O) groups is 2. The van der Waals surface area contributed by atoms with Crippen molar-refractivity contribution < 1.29 is 9.59 Å². The molecule has 0 atom stereocenters. The first-order valence-electron chi connectivity index (χ1n) is 8.11. The first kappa shape index (κ1) is 18.4. The van der Waals surface area contributed by atoms with E-state index >= 15 is 0 Å². The van der Waals surface area contributed by atoms with Crippen molar-refractivity contribution in [3.8, 4) is 0 Å². The quantitative estimate of drug-likeness (QED) is 0.638. The number of thiocarbonyl (C=S) groups is 1. The third kappa shape index (κ3) is 4.20. The summed E-state index contributed by atoms with van der Waals surface area (Å²) in [7, 11) is 0. The van der Waals surface area contributed by atoms with Crippen LogP contribution in [0.4, 0.5) is 5.69 Å². The molecule has 6 heteroatoms. The van der Waals surface area contributed by atoms with E-state index < -0.39 is 0 Å². The zero-order chi connectivity index (χ0) is 18.7. The Morgan fingerprint density at radius 1 is 1.15 bits per heavy atom. The molecule has 0 aliphatic carbocycles. The topological polar surface area (TPSA) is 49.4 Å². The van der Waals surface area contributed by atoms with Crippen molar-refractivity contribution in [2.24, 2.45) is 0 Å². The summed E-state index contributed by atoms with van der Waals surface area (Å²) >= 11 is 6.50. The summed E-state index contributed by atoms with van der Waals surface area (Å²) in [5.41, 5.74) is 3.89. The van der Waals surface area contributed by atoms with Gasteiger partial charge < -0.3 is 5.32 Å². The highest BCUT2D eigenvalue weighted by Gasteiger charge is 2.33. The molecule has 0 unspecified atom stereocenters. The van der Waals surface area contributed by atoms with Crippen LogP contribution in [-0.4, -0.2) is 27.6 Å². The second-order valence-electron chi connectivity index (χ2n) is 6.03. The van der Waals surface area contributed by atoms with Gasteiger partial charge in [0.05, 0.1) is 4.91 Å². The van der Waals surface area contributed by atoms with Gasteiger partial charge in [0.15, 0.2) is 0 Å². The summed E-state index contributed by atoms with van der Waals surface area (Å²) in [5, 5.41) is 2.82. The number of nitrogens with zero attached hydrogens (tertiary/aromatic N) is 1. The third-order valence-electron chi connectivity index (χ3n) is 4.06. The Kier molecular flexibility index (Phi) is 5.54. The van der Waals surface area contributed by atoms with Gasteiger partial charge in [-0.25, -0.2) is 0 Å². The van der Waals surface area contributed by atoms with Crippen LogP contribution >= 0.6 is 24.0 Å². The molecule has 3 rings (SSSR count). The molecule has 1 aliphatic heterocycles. The normalized spacial score (nSPS) is 15.6. The number of aryl methyl sites for hydroxylation is 2. The van der Waals surface area contributed by atoms with Crippen molar-refractivity contribution in [1.82, 2.24) is 4.90 Å². The molecular weight excluding hydrogens is 364 g/mol. The minimum atomic E-state index is -0.273. The van der Waals surface area contributed by atoms with Crippen LogP contribution in [0.25, 0.3) is 6.08 Å². The molecular formula is C20H18N2O2S2. The monoisotopic (exact) mass is 382 g/mol. The summed E-state index contributed by atoms with van der Waals surface area (Å²) < 4.78 is 0.396. The van der Waals surface area contributed by atoms with Gasteiger partial charge >= 0.3 is 0 Å². The lowest BCUT2D eigenvalue weighted by Gasteiger charge is -2.14. The number of anilines is 1. The summed E-state index contributed by atoms with van der Waals surface area (Å²) in [4.78, 5) is 26.8. The second-order valence-corrected chi connectivity index (χ2v) is 7.70. The predicted octanol–water partition coefficient (Wildman–Crippen LogP) is 4.14. The summed E-state index contributed by atoms with van der Waals surface area (Å²) in [6, 6.07) is 15.3. The fourth-order valence-corrected chi connectivity index (χ4v) is 3.76. The molecule has 0 spiro atoms. The highest BCUT2D eigenvalue weighted by molar-refractivity contribution is 8.26. The minimum absolute atomic E-state index is 0.0935. The molecule has 1 saturated heterocycles. The van der Waals surface area contributed by atoms with Crippen molar-refractivity contribution in [3.05, 3.63) is 70.1 Å². The molecule has 1 fully saturated rings. The molecule has 4 nitrogen and oxygen atoms in total. The molecule has 0 radical (unpaired) electrons. The van der Waals surface area contributed by atoms with Gasteiger partial charge in [0, 0.05) is 5.69 Å². The van der Waals surface area contributed by atoms with Crippen LogP contribution in [0.15, 0.2) is 53.4 Å². The van der Waals surface area contributed by atoms with Crippen molar-refractivity contribution in [2.45, 2.75) is 13.8 Å². The van der Waals surface area contributed by atoms with Crippen molar-refractivity contribution in [2.75, 3.05) is 11.9 Å². The first-order valence-corrected chi connectivity index (χ1v) is 9.34. The van der Waals surface area contributed by atoms with Gasteiger partial charge in [-0.1, -0.05) is 60.4 Å². The highest BCUT2D eigenvalue weighted by Crippen LogP contribution is 2.32. The Balaban J connectivity index is 1.68. The number of benzene rings is 2. The van der Waals surface area contributed by atoms with Crippen molar-refractivity contribution in [1.29, 1.82) is 0 Å². The molecule has 1 aliphatic rings. The van der Waals surface area contributed by atoms with Gasteiger partial charge in [-0.15, -0.1) is 0 Å². The van der Waals surface area contributed by atoms with Crippen molar-refractivity contribution >= 4 is 51.9 Å². The van der Waals surface area contributed by atoms with Crippen LogP contribution in [-0.2, 0) is 9.59 Å². The lowest BCUT2D eigenvalue weighted by atomic mass is 10.1. The molecule has 1 heterocycles.